The predicted octanol–water partition coefficient (Wildman–Crippen LogP) is 3.67. The number of halogens is 2. The van der Waals surface area contributed by atoms with Gasteiger partial charge < -0.3 is 0 Å². The van der Waals surface area contributed by atoms with Crippen molar-refractivity contribution >= 4 is 26.0 Å². The number of aryl methyl sites for hydroxylation is 2. The Kier molecular flexibility index (Phi) is 5.43. The quantitative estimate of drug-likeness (QED) is 0.813. The fourth-order valence-corrected chi connectivity index (χ4v) is 5.69. The van der Waals surface area contributed by atoms with Crippen molar-refractivity contribution in [3.63, 3.8) is 0 Å². The lowest BCUT2D eigenvalue weighted by Crippen LogP contribution is -2.43. The number of hydrogen-bond acceptors (Lipinski definition) is 2. The maximum absolute atomic E-state index is 13.4. The van der Waals surface area contributed by atoms with Crippen molar-refractivity contribution in [1.82, 2.24) is 4.72 Å². The zero-order chi connectivity index (χ0) is 15.6. The molecule has 2 atom stereocenters. The molecular weight excluding hydrogens is 357 g/mol. The van der Waals surface area contributed by atoms with Gasteiger partial charge in [0.15, 0.2) is 0 Å². The first-order valence-corrected chi connectivity index (χ1v) is 9.80. The Morgan fingerprint density at radius 3 is 2.38 bits per heavy atom. The third-order valence-corrected chi connectivity index (χ3v) is 6.73. The molecule has 3 nitrogen and oxygen atoms in total. The second-order valence-corrected chi connectivity index (χ2v) is 8.09. The molecule has 2 rings (SSSR count). The molecule has 1 aromatic carbocycles. The van der Waals surface area contributed by atoms with E-state index in [1.54, 1.807) is 13.8 Å². The first kappa shape index (κ1) is 16.9. The third kappa shape index (κ3) is 3.85. The van der Waals surface area contributed by atoms with Gasteiger partial charge in [-0.3, -0.25) is 0 Å². The molecule has 0 spiro atoms. The Balaban J connectivity index is 2.30. The van der Waals surface area contributed by atoms with Crippen LogP contribution in [0.5, 0.6) is 0 Å². The van der Waals surface area contributed by atoms with Crippen molar-refractivity contribution in [1.29, 1.82) is 0 Å². The van der Waals surface area contributed by atoms with Crippen LogP contribution in [0.4, 0.5) is 4.39 Å². The van der Waals surface area contributed by atoms with E-state index >= 15 is 0 Å². The summed E-state index contributed by atoms with van der Waals surface area (Å²) < 4.78 is 41.5. The van der Waals surface area contributed by atoms with E-state index in [0.29, 0.717) is 17.0 Å². The van der Waals surface area contributed by atoms with Crippen molar-refractivity contribution in [3.05, 3.63) is 29.1 Å². The van der Waals surface area contributed by atoms with Gasteiger partial charge in [-0.2, -0.15) is 0 Å². The molecule has 1 N–H and O–H groups in total. The van der Waals surface area contributed by atoms with Crippen molar-refractivity contribution in [2.45, 2.75) is 50.5 Å². The van der Waals surface area contributed by atoms with E-state index in [4.69, 9.17) is 0 Å². The van der Waals surface area contributed by atoms with Crippen LogP contribution < -0.4 is 4.72 Å². The highest BCUT2D eigenvalue weighted by Crippen LogP contribution is 2.28. The lowest BCUT2D eigenvalue weighted by molar-refractivity contribution is 0.316. The molecule has 0 heterocycles. The topological polar surface area (TPSA) is 46.2 Å². The van der Waals surface area contributed by atoms with Gasteiger partial charge in [-0.05, 0) is 55.9 Å². The van der Waals surface area contributed by atoms with Crippen molar-refractivity contribution in [2.75, 3.05) is 5.33 Å². The molecular formula is C15H21BrFNO2S. The highest BCUT2D eigenvalue weighted by molar-refractivity contribution is 9.09. The molecule has 0 aromatic heterocycles. The second kappa shape index (κ2) is 6.75. The Hall–Kier alpha value is -0.460. The Morgan fingerprint density at radius 2 is 1.81 bits per heavy atom. The van der Waals surface area contributed by atoms with Crippen LogP contribution in [0.2, 0.25) is 0 Å². The summed E-state index contributed by atoms with van der Waals surface area (Å²) in [5.74, 6) is -0.0884. The molecule has 1 aliphatic rings. The normalized spacial score (nSPS) is 23.2. The molecule has 0 amide bonds. The van der Waals surface area contributed by atoms with Crippen LogP contribution in [-0.4, -0.2) is 19.8 Å². The number of benzene rings is 1. The van der Waals surface area contributed by atoms with Crippen LogP contribution in [0.15, 0.2) is 17.0 Å². The van der Waals surface area contributed by atoms with E-state index in [1.165, 1.54) is 12.1 Å². The van der Waals surface area contributed by atoms with Crippen LogP contribution >= 0.6 is 15.9 Å². The van der Waals surface area contributed by atoms with E-state index in [-0.39, 0.29) is 10.9 Å². The van der Waals surface area contributed by atoms with E-state index in [1.807, 2.05) is 0 Å². The van der Waals surface area contributed by atoms with Crippen molar-refractivity contribution < 1.29 is 12.8 Å². The van der Waals surface area contributed by atoms with Crippen LogP contribution in [0.25, 0.3) is 0 Å². The fourth-order valence-electron chi connectivity index (χ4n) is 3.13. The van der Waals surface area contributed by atoms with E-state index in [9.17, 15) is 12.8 Å². The fraction of sp³-hybridized carbons (Fsp3) is 0.600. The molecule has 21 heavy (non-hydrogen) atoms. The van der Waals surface area contributed by atoms with Crippen molar-refractivity contribution in [3.8, 4) is 0 Å². The van der Waals surface area contributed by atoms with E-state index in [0.717, 1.165) is 31.0 Å². The Labute approximate surface area is 134 Å². The molecule has 1 aromatic rings. The zero-order valence-corrected chi connectivity index (χ0v) is 14.7. The third-order valence-electron chi connectivity index (χ3n) is 4.11. The largest absolute Gasteiger partial charge is 0.241 e. The highest BCUT2D eigenvalue weighted by Gasteiger charge is 2.30. The highest BCUT2D eigenvalue weighted by atomic mass is 79.9. The van der Waals surface area contributed by atoms with Gasteiger partial charge in [0.1, 0.15) is 5.82 Å². The van der Waals surface area contributed by atoms with Crippen molar-refractivity contribution in [2.24, 2.45) is 5.92 Å². The van der Waals surface area contributed by atoms with Gasteiger partial charge in [0.05, 0.1) is 4.90 Å². The van der Waals surface area contributed by atoms with Crippen LogP contribution in [0.1, 0.15) is 36.8 Å². The molecule has 0 saturated heterocycles. The summed E-state index contributed by atoms with van der Waals surface area (Å²) in [5, 5.41) is 0.793. The Bertz CT molecular complexity index is 595. The van der Waals surface area contributed by atoms with Gasteiger partial charge in [-0.25, -0.2) is 17.5 Å². The molecule has 0 radical (unpaired) electrons. The Morgan fingerprint density at radius 1 is 1.24 bits per heavy atom. The van der Waals surface area contributed by atoms with Gasteiger partial charge >= 0.3 is 0 Å². The lowest BCUT2D eigenvalue weighted by Gasteiger charge is -2.31. The van der Waals surface area contributed by atoms with E-state index < -0.39 is 15.8 Å². The van der Waals surface area contributed by atoms with Gasteiger partial charge in [0.25, 0.3) is 0 Å². The maximum Gasteiger partial charge on any atom is 0.241 e. The maximum atomic E-state index is 13.4. The first-order valence-electron chi connectivity index (χ1n) is 7.20. The van der Waals surface area contributed by atoms with Gasteiger partial charge in [-0.1, -0.05) is 28.8 Å². The van der Waals surface area contributed by atoms with Crippen LogP contribution in [0, 0.1) is 25.6 Å². The predicted molar refractivity (Wildman–Crippen MR) is 85.7 cm³/mol. The minimum Gasteiger partial charge on any atom is -0.208 e. The summed E-state index contributed by atoms with van der Waals surface area (Å²) in [7, 11) is -3.62. The molecule has 1 saturated carbocycles. The number of sulfonamides is 1. The van der Waals surface area contributed by atoms with E-state index in [2.05, 4.69) is 20.7 Å². The molecule has 0 aliphatic heterocycles. The van der Waals surface area contributed by atoms with Crippen LogP contribution in [0.3, 0.4) is 0 Å². The number of hydrogen-bond donors (Lipinski definition) is 1. The monoisotopic (exact) mass is 377 g/mol. The average molecular weight is 378 g/mol. The minimum absolute atomic E-state index is 0.0491. The molecule has 0 bridgehead atoms. The summed E-state index contributed by atoms with van der Waals surface area (Å²) in [6.07, 6.45) is 4.07. The standard InChI is InChI=1S/C15H21BrFNO2S/c1-10-7-13(17)8-11(2)15(10)21(19,20)18-14-6-4-3-5-12(14)9-16/h7-8,12,14,18H,3-6,9H2,1-2H3. The summed E-state index contributed by atoms with van der Waals surface area (Å²) in [4.78, 5) is 0.211. The SMILES string of the molecule is Cc1cc(F)cc(C)c1S(=O)(=O)NC1CCCCC1CBr. The number of rotatable bonds is 4. The summed E-state index contributed by atoms with van der Waals surface area (Å²) >= 11 is 3.47. The molecule has 118 valence electrons. The summed E-state index contributed by atoms with van der Waals surface area (Å²) in [6.45, 7) is 3.26. The van der Waals surface area contributed by atoms with Gasteiger partial charge in [-0.15, -0.1) is 0 Å². The van der Waals surface area contributed by atoms with Gasteiger partial charge in [0, 0.05) is 11.4 Å². The second-order valence-electron chi connectivity index (χ2n) is 5.80. The summed E-state index contributed by atoms with van der Waals surface area (Å²) in [6, 6.07) is 2.49. The first-order chi connectivity index (χ1) is 9.85. The number of alkyl halides is 1. The lowest BCUT2D eigenvalue weighted by atomic mass is 9.87. The summed E-state index contributed by atoms with van der Waals surface area (Å²) in [5.41, 5.74) is 0.900. The smallest absolute Gasteiger partial charge is 0.208 e. The average Bonchev–Trinajstić information content (AvgIpc) is 2.37. The molecule has 1 fully saturated rings. The molecule has 1 aliphatic carbocycles. The molecule has 2 unspecified atom stereocenters. The van der Waals surface area contributed by atoms with Gasteiger partial charge in [0.2, 0.25) is 10.0 Å². The minimum atomic E-state index is -3.62. The zero-order valence-electron chi connectivity index (χ0n) is 12.3. The van der Waals surface area contributed by atoms with Crippen LogP contribution in [-0.2, 0) is 10.0 Å². The number of nitrogens with one attached hydrogen (secondary N) is 1. The molecule has 6 heteroatoms.